The van der Waals surface area contributed by atoms with Crippen LogP contribution in [0.2, 0.25) is 0 Å². The molecule has 0 aliphatic heterocycles. The second-order valence-corrected chi connectivity index (χ2v) is 3.71. The highest BCUT2D eigenvalue weighted by Crippen LogP contribution is 2.29. The van der Waals surface area contributed by atoms with Crippen molar-refractivity contribution in [3.63, 3.8) is 0 Å². The lowest BCUT2D eigenvalue weighted by atomic mass is 10.1. The van der Waals surface area contributed by atoms with Crippen LogP contribution in [0.5, 0.6) is 5.75 Å². The Labute approximate surface area is 104 Å². The molecular formula is C13H13NO4. The van der Waals surface area contributed by atoms with E-state index in [0.29, 0.717) is 17.4 Å². The lowest BCUT2D eigenvalue weighted by Gasteiger charge is -2.04. The predicted molar refractivity (Wildman–Crippen MR) is 64.4 cm³/mol. The number of carboxylic acid groups (broad SMARTS) is 1. The van der Waals surface area contributed by atoms with Crippen molar-refractivity contribution in [2.45, 2.75) is 12.8 Å². The van der Waals surface area contributed by atoms with Gasteiger partial charge in [0.25, 0.3) is 0 Å². The first kappa shape index (κ1) is 12.2. The standard InChI is InChI=1S/C13H13NO4/c1-17-10-5-3-2-4-9(10)11-8-14-12(18-11)6-7-13(15)16/h2-5,8H,6-7H2,1H3,(H,15,16). The van der Waals surface area contributed by atoms with Crippen LogP contribution < -0.4 is 4.74 Å². The van der Waals surface area contributed by atoms with E-state index in [2.05, 4.69) is 4.98 Å². The average molecular weight is 247 g/mol. The van der Waals surface area contributed by atoms with Crippen LogP contribution in [-0.2, 0) is 11.2 Å². The van der Waals surface area contributed by atoms with Crippen molar-refractivity contribution < 1.29 is 19.1 Å². The summed E-state index contributed by atoms with van der Waals surface area (Å²) in [7, 11) is 1.58. The SMILES string of the molecule is COc1ccccc1-c1cnc(CCC(=O)O)o1. The van der Waals surface area contributed by atoms with Crippen molar-refractivity contribution in [1.29, 1.82) is 0 Å². The molecule has 1 heterocycles. The van der Waals surface area contributed by atoms with Gasteiger partial charge in [-0.3, -0.25) is 4.79 Å². The predicted octanol–water partition coefficient (Wildman–Crippen LogP) is 2.37. The quantitative estimate of drug-likeness (QED) is 0.878. The highest BCUT2D eigenvalue weighted by molar-refractivity contribution is 5.67. The molecule has 5 nitrogen and oxygen atoms in total. The fraction of sp³-hybridized carbons (Fsp3) is 0.231. The first-order chi connectivity index (χ1) is 8.70. The van der Waals surface area contributed by atoms with Gasteiger partial charge in [0.15, 0.2) is 11.7 Å². The van der Waals surface area contributed by atoms with Crippen molar-refractivity contribution in [3.8, 4) is 17.1 Å². The molecule has 0 fully saturated rings. The number of aromatic nitrogens is 1. The first-order valence-corrected chi connectivity index (χ1v) is 5.50. The molecule has 0 bridgehead atoms. The summed E-state index contributed by atoms with van der Waals surface area (Å²) in [6, 6.07) is 7.43. The van der Waals surface area contributed by atoms with E-state index in [-0.39, 0.29) is 12.8 Å². The maximum atomic E-state index is 10.5. The first-order valence-electron chi connectivity index (χ1n) is 5.50. The van der Waals surface area contributed by atoms with Crippen LogP contribution in [0.4, 0.5) is 0 Å². The molecule has 1 N–H and O–H groups in total. The van der Waals surface area contributed by atoms with Gasteiger partial charge in [-0.1, -0.05) is 12.1 Å². The summed E-state index contributed by atoms with van der Waals surface area (Å²) < 4.78 is 10.7. The summed E-state index contributed by atoms with van der Waals surface area (Å²) in [5, 5.41) is 8.59. The molecule has 1 aromatic heterocycles. The molecule has 18 heavy (non-hydrogen) atoms. The number of ether oxygens (including phenoxy) is 1. The minimum atomic E-state index is -0.868. The van der Waals surface area contributed by atoms with Crippen LogP contribution in [0.3, 0.4) is 0 Å². The Bertz CT molecular complexity index is 547. The second kappa shape index (κ2) is 5.35. The van der Waals surface area contributed by atoms with Crippen molar-refractivity contribution in [1.82, 2.24) is 4.98 Å². The number of carbonyl (C=O) groups is 1. The normalized spacial score (nSPS) is 10.3. The summed E-state index contributed by atoms with van der Waals surface area (Å²) in [6.07, 6.45) is 1.87. The molecule has 94 valence electrons. The number of hydrogen-bond donors (Lipinski definition) is 1. The second-order valence-electron chi connectivity index (χ2n) is 3.71. The van der Waals surface area contributed by atoms with E-state index >= 15 is 0 Å². The molecule has 2 rings (SSSR count). The zero-order valence-electron chi connectivity index (χ0n) is 9.92. The van der Waals surface area contributed by atoms with Crippen LogP contribution in [0.1, 0.15) is 12.3 Å². The zero-order valence-corrected chi connectivity index (χ0v) is 9.92. The van der Waals surface area contributed by atoms with Crippen molar-refractivity contribution in [3.05, 3.63) is 36.4 Å². The Hall–Kier alpha value is -2.30. The van der Waals surface area contributed by atoms with Crippen LogP contribution in [0.25, 0.3) is 11.3 Å². The minimum absolute atomic E-state index is 0.00583. The summed E-state index contributed by atoms with van der Waals surface area (Å²) in [5.74, 6) is 0.816. The highest BCUT2D eigenvalue weighted by Gasteiger charge is 2.11. The number of carboxylic acids is 1. The van der Waals surface area contributed by atoms with E-state index in [1.54, 1.807) is 13.3 Å². The Morgan fingerprint density at radius 2 is 2.22 bits per heavy atom. The summed E-state index contributed by atoms with van der Waals surface area (Å²) in [6.45, 7) is 0. The minimum Gasteiger partial charge on any atom is -0.496 e. The number of oxazole rings is 1. The number of para-hydroxylation sites is 1. The fourth-order valence-electron chi connectivity index (χ4n) is 1.61. The highest BCUT2D eigenvalue weighted by atomic mass is 16.5. The lowest BCUT2D eigenvalue weighted by Crippen LogP contribution is -1.97. The molecule has 5 heteroatoms. The number of methoxy groups -OCH3 is 1. The molecule has 0 aliphatic carbocycles. The van der Waals surface area contributed by atoms with E-state index in [1.165, 1.54) is 0 Å². The topological polar surface area (TPSA) is 72.6 Å². The Balaban J connectivity index is 2.21. The van der Waals surface area contributed by atoms with Crippen LogP contribution in [0.15, 0.2) is 34.9 Å². The van der Waals surface area contributed by atoms with E-state index in [0.717, 1.165) is 5.56 Å². The molecule has 0 atom stereocenters. The van der Waals surface area contributed by atoms with Crippen LogP contribution >= 0.6 is 0 Å². The van der Waals surface area contributed by atoms with Gasteiger partial charge < -0.3 is 14.3 Å². The summed E-state index contributed by atoms with van der Waals surface area (Å²) in [5.41, 5.74) is 0.800. The number of rotatable bonds is 5. The number of hydrogen-bond acceptors (Lipinski definition) is 4. The van der Waals surface area contributed by atoms with Gasteiger partial charge in [0.05, 0.1) is 25.3 Å². The lowest BCUT2D eigenvalue weighted by molar-refractivity contribution is -0.137. The van der Waals surface area contributed by atoms with E-state index in [1.807, 2.05) is 24.3 Å². The maximum absolute atomic E-state index is 10.5. The van der Waals surface area contributed by atoms with E-state index < -0.39 is 5.97 Å². The van der Waals surface area contributed by atoms with Gasteiger partial charge in [0.1, 0.15) is 5.75 Å². The van der Waals surface area contributed by atoms with E-state index in [9.17, 15) is 4.79 Å². The molecule has 0 unspecified atom stereocenters. The number of benzene rings is 1. The third-order valence-electron chi connectivity index (χ3n) is 2.48. The van der Waals surface area contributed by atoms with Crippen molar-refractivity contribution >= 4 is 5.97 Å². The molecule has 0 spiro atoms. The average Bonchev–Trinajstić information content (AvgIpc) is 2.85. The van der Waals surface area contributed by atoms with Crippen molar-refractivity contribution in [2.75, 3.05) is 7.11 Å². The number of aryl methyl sites for hydroxylation is 1. The smallest absolute Gasteiger partial charge is 0.303 e. The Morgan fingerprint density at radius 1 is 1.44 bits per heavy atom. The van der Waals surface area contributed by atoms with E-state index in [4.69, 9.17) is 14.3 Å². The zero-order chi connectivity index (χ0) is 13.0. The third kappa shape index (κ3) is 2.68. The van der Waals surface area contributed by atoms with Crippen LogP contribution in [-0.4, -0.2) is 23.2 Å². The van der Waals surface area contributed by atoms with Gasteiger partial charge in [-0.2, -0.15) is 0 Å². The van der Waals surface area contributed by atoms with Gasteiger partial charge in [-0.25, -0.2) is 4.98 Å². The number of aliphatic carboxylic acids is 1. The Kier molecular flexibility index (Phi) is 3.62. The fourth-order valence-corrected chi connectivity index (χ4v) is 1.61. The molecule has 2 aromatic rings. The molecule has 0 saturated heterocycles. The largest absolute Gasteiger partial charge is 0.496 e. The van der Waals surface area contributed by atoms with Gasteiger partial charge in [-0.05, 0) is 12.1 Å². The molecule has 0 amide bonds. The van der Waals surface area contributed by atoms with Crippen molar-refractivity contribution in [2.24, 2.45) is 0 Å². The number of nitrogens with zero attached hydrogens (tertiary/aromatic N) is 1. The summed E-state index contributed by atoms with van der Waals surface area (Å²) in [4.78, 5) is 14.5. The van der Waals surface area contributed by atoms with Gasteiger partial charge >= 0.3 is 5.97 Å². The van der Waals surface area contributed by atoms with Crippen LogP contribution in [0, 0.1) is 0 Å². The maximum Gasteiger partial charge on any atom is 0.303 e. The molecule has 0 saturated carbocycles. The molecule has 0 radical (unpaired) electrons. The third-order valence-corrected chi connectivity index (χ3v) is 2.48. The van der Waals surface area contributed by atoms with Gasteiger partial charge in [0, 0.05) is 6.42 Å². The molecule has 1 aromatic carbocycles. The monoisotopic (exact) mass is 247 g/mol. The summed E-state index contributed by atoms with van der Waals surface area (Å²) >= 11 is 0. The Morgan fingerprint density at radius 3 is 2.94 bits per heavy atom. The van der Waals surface area contributed by atoms with Gasteiger partial charge in [-0.15, -0.1) is 0 Å². The molecule has 0 aliphatic rings. The molecular weight excluding hydrogens is 234 g/mol. The van der Waals surface area contributed by atoms with Gasteiger partial charge in [0.2, 0.25) is 0 Å².